The van der Waals surface area contributed by atoms with E-state index in [4.69, 9.17) is 5.73 Å². The van der Waals surface area contributed by atoms with E-state index in [0.29, 0.717) is 22.3 Å². The molecule has 0 saturated carbocycles. The van der Waals surface area contributed by atoms with Gasteiger partial charge in [0, 0.05) is 33.0 Å². The van der Waals surface area contributed by atoms with E-state index in [1.807, 2.05) is 0 Å². The molecule has 0 spiro atoms. The largest absolute Gasteiger partial charge is 0.383 e. The first kappa shape index (κ1) is 14.3. The predicted molar refractivity (Wildman–Crippen MR) is 93.0 cm³/mol. The summed E-state index contributed by atoms with van der Waals surface area (Å²) in [6, 6.07) is 6.07. The summed E-state index contributed by atoms with van der Waals surface area (Å²) < 4.78 is 30.8. The van der Waals surface area contributed by atoms with E-state index in [0.717, 1.165) is 3.57 Å². The number of pyridine rings is 2. The highest BCUT2D eigenvalue weighted by Crippen LogP contribution is 2.33. The Hall–Kier alpha value is -2.29. The summed E-state index contributed by atoms with van der Waals surface area (Å²) in [7, 11) is 0. The van der Waals surface area contributed by atoms with Gasteiger partial charge in [-0.3, -0.25) is 4.40 Å². The minimum atomic E-state index is -0.461. The third-order valence-electron chi connectivity index (χ3n) is 3.72. The first-order valence-electron chi connectivity index (χ1n) is 6.71. The summed E-state index contributed by atoms with van der Waals surface area (Å²) in [5, 5.41) is 0.991. The molecule has 0 atom stereocenters. The van der Waals surface area contributed by atoms with Gasteiger partial charge in [-0.2, -0.15) is 0 Å². The smallest absolute Gasteiger partial charge is 0.144 e. The van der Waals surface area contributed by atoms with Gasteiger partial charge in [0.15, 0.2) is 0 Å². The van der Waals surface area contributed by atoms with E-state index in [2.05, 4.69) is 32.6 Å². The van der Waals surface area contributed by atoms with E-state index in [9.17, 15) is 4.39 Å². The molecule has 4 aromatic rings. The van der Waals surface area contributed by atoms with Gasteiger partial charge in [-0.1, -0.05) is 6.07 Å². The van der Waals surface area contributed by atoms with Crippen molar-refractivity contribution in [1.29, 1.82) is 0 Å². The number of halogens is 3. The maximum Gasteiger partial charge on any atom is 0.144 e. The Bertz CT molecular complexity index is 1070. The van der Waals surface area contributed by atoms with Crippen LogP contribution in [0.25, 0.3) is 27.7 Å². The van der Waals surface area contributed by atoms with E-state index >= 15 is 4.39 Å². The minimum absolute atomic E-state index is 0.139. The SMILES string of the molecule is Nc1ncc(I)c2ccc(-c3cnc4cc(F)ccn34)c(F)c12. The Morgan fingerprint density at radius 2 is 1.91 bits per heavy atom. The molecule has 0 radical (unpaired) electrons. The van der Waals surface area contributed by atoms with Crippen LogP contribution < -0.4 is 5.73 Å². The molecule has 0 aliphatic rings. The van der Waals surface area contributed by atoms with Gasteiger partial charge in [-0.25, -0.2) is 18.7 Å². The zero-order valence-electron chi connectivity index (χ0n) is 11.6. The summed E-state index contributed by atoms with van der Waals surface area (Å²) in [6.45, 7) is 0. The van der Waals surface area contributed by atoms with Gasteiger partial charge in [0.25, 0.3) is 0 Å². The number of aromatic nitrogens is 3. The molecular formula is C16H9F2IN4. The standard InChI is InChI=1S/C16H9F2IN4/c17-8-3-4-23-12(7-21-13(23)5-8)10-2-1-9-11(19)6-22-16(20)14(9)15(10)18/h1-7H,(H2,20,22). The number of nitrogen functional groups attached to an aromatic ring is 1. The van der Waals surface area contributed by atoms with Crippen molar-refractivity contribution in [3.63, 3.8) is 0 Å². The van der Waals surface area contributed by atoms with Crippen LogP contribution in [-0.4, -0.2) is 14.4 Å². The Balaban J connectivity index is 2.05. The number of benzene rings is 1. The fourth-order valence-electron chi connectivity index (χ4n) is 2.64. The van der Waals surface area contributed by atoms with Gasteiger partial charge >= 0.3 is 0 Å². The number of nitrogens with zero attached hydrogens (tertiary/aromatic N) is 3. The molecule has 114 valence electrons. The normalized spacial score (nSPS) is 11.4. The van der Waals surface area contributed by atoms with Crippen molar-refractivity contribution in [3.8, 4) is 11.3 Å². The van der Waals surface area contributed by atoms with Gasteiger partial charge in [-0.15, -0.1) is 0 Å². The molecule has 1 aromatic carbocycles. The first-order chi connectivity index (χ1) is 11.1. The van der Waals surface area contributed by atoms with Crippen molar-refractivity contribution < 1.29 is 8.78 Å². The summed E-state index contributed by atoms with van der Waals surface area (Å²) in [5.74, 6) is -0.714. The van der Waals surface area contributed by atoms with E-state index in [1.165, 1.54) is 24.5 Å². The zero-order valence-corrected chi connectivity index (χ0v) is 13.8. The highest BCUT2D eigenvalue weighted by Gasteiger charge is 2.17. The monoisotopic (exact) mass is 422 g/mol. The molecule has 2 N–H and O–H groups in total. The van der Waals surface area contributed by atoms with Gasteiger partial charge in [0.2, 0.25) is 0 Å². The average molecular weight is 422 g/mol. The van der Waals surface area contributed by atoms with Crippen LogP contribution in [0.5, 0.6) is 0 Å². The number of imidazole rings is 1. The van der Waals surface area contributed by atoms with E-state index in [-0.39, 0.29) is 11.2 Å². The van der Waals surface area contributed by atoms with Gasteiger partial charge in [-0.05, 0) is 34.7 Å². The number of anilines is 1. The summed E-state index contributed by atoms with van der Waals surface area (Å²) in [6.07, 6.45) is 4.64. The molecule has 7 heteroatoms. The molecule has 0 aliphatic carbocycles. The fourth-order valence-corrected chi connectivity index (χ4v) is 3.23. The maximum absolute atomic E-state index is 15.0. The first-order valence-corrected chi connectivity index (χ1v) is 7.79. The molecule has 0 fully saturated rings. The Morgan fingerprint density at radius 1 is 1.09 bits per heavy atom. The lowest BCUT2D eigenvalue weighted by Crippen LogP contribution is -1.98. The lowest BCUT2D eigenvalue weighted by molar-refractivity contribution is 0.626. The van der Waals surface area contributed by atoms with Crippen LogP contribution in [0.4, 0.5) is 14.6 Å². The average Bonchev–Trinajstić information content (AvgIpc) is 2.93. The molecule has 0 unspecified atom stereocenters. The van der Waals surface area contributed by atoms with Crippen LogP contribution in [0.1, 0.15) is 0 Å². The lowest BCUT2D eigenvalue weighted by Gasteiger charge is -2.09. The fraction of sp³-hybridized carbons (Fsp3) is 0. The Morgan fingerprint density at radius 3 is 2.74 bits per heavy atom. The molecule has 3 heterocycles. The third-order valence-corrected chi connectivity index (χ3v) is 4.58. The van der Waals surface area contributed by atoms with Crippen LogP contribution in [0.2, 0.25) is 0 Å². The number of hydrogen-bond acceptors (Lipinski definition) is 3. The van der Waals surface area contributed by atoms with Crippen molar-refractivity contribution in [3.05, 3.63) is 58.1 Å². The van der Waals surface area contributed by atoms with Crippen molar-refractivity contribution in [1.82, 2.24) is 14.4 Å². The molecule has 0 bridgehead atoms. The maximum atomic E-state index is 15.0. The van der Waals surface area contributed by atoms with Crippen LogP contribution in [0.3, 0.4) is 0 Å². The number of rotatable bonds is 1. The topological polar surface area (TPSA) is 56.2 Å². The molecule has 4 nitrogen and oxygen atoms in total. The Kier molecular flexibility index (Phi) is 3.19. The quantitative estimate of drug-likeness (QED) is 0.472. The predicted octanol–water partition coefficient (Wildman–Crippen LogP) is 4.01. The Labute approximate surface area is 143 Å². The van der Waals surface area contributed by atoms with Crippen LogP contribution in [0, 0.1) is 15.2 Å². The molecule has 0 amide bonds. The van der Waals surface area contributed by atoms with Gasteiger partial charge in [0.1, 0.15) is 23.1 Å². The van der Waals surface area contributed by atoms with Gasteiger partial charge < -0.3 is 5.73 Å². The van der Waals surface area contributed by atoms with Crippen molar-refractivity contribution in [2.24, 2.45) is 0 Å². The second-order valence-corrected chi connectivity index (χ2v) is 6.22. The lowest BCUT2D eigenvalue weighted by atomic mass is 10.1. The van der Waals surface area contributed by atoms with Crippen molar-refractivity contribution >= 4 is 44.8 Å². The van der Waals surface area contributed by atoms with E-state index in [1.54, 1.807) is 22.7 Å². The van der Waals surface area contributed by atoms with Crippen LogP contribution in [0.15, 0.2) is 42.9 Å². The molecule has 23 heavy (non-hydrogen) atoms. The van der Waals surface area contributed by atoms with Crippen LogP contribution >= 0.6 is 22.6 Å². The molecule has 0 saturated heterocycles. The second-order valence-electron chi connectivity index (χ2n) is 5.06. The highest BCUT2D eigenvalue weighted by atomic mass is 127. The van der Waals surface area contributed by atoms with Gasteiger partial charge in [0.05, 0.1) is 17.3 Å². The van der Waals surface area contributed by atoms with E-state index < -0.39 is 11.6 Å². The van der Waals surface area contributed by atoms with Crippen molar-refractivity contribution in [2.45, 2.75) is 0 Å². The minimum Gasteiger partial charge on any atom is -0.383 e. The summed E-state index contributed by atoms with van der Waals surface area (Å²) in [5.41, 5.74) is 7.13. The highest BCUT2D eigenvalue weighted by molar-refractivity contribution is 14.1. The molecule has 0 aliphatic heterocycles. The molecular weight excluding hydrogens is 413 g/mol. The van der Waals surface area contributed by atoms with Crippen LogP contribution in [-0.2, 0) is 0 Å². The number of nitrogens with two attached hydrogens (primary N) is 1. The molecule has 3 aromatic heterocycles. The number of hydrogen-bond donors (Lipinski definition) is 1. The summed E-state index contributed by atoms with van der Waals surface area (Å²) >= 11 is 2.09. The summed E-state index contributed by atoms with van der Waals surface area (Å²) in [4.78, 5) is 8.15. The molecule has 4 rings (SSSR count). The third kappa shape index (κ3) is 2.14. The number of fused-ring (bicyclic) bond motifs is 2. The zero-order chi connectivity index (χ0) is 16.1. The van der Waals surface area contributed by atoms with Crippen molar-refractivity contribution in [2.75, 3.05) is 5.73 Å². The second kappa shape index (κ2) is 5.12.